The normalized spacial score (nSPS) is 26.6. The van der Waals surface area contributed by atoms with Crippen molar-refractivity contribution in [1.82, 2.24) is 4.44 Å². The van der Waals surface area contributed by atoms with E-state index in [2.05, 4.69) is 0 Å². The molecule has 0 aliphatic carbocycles. The Bertz CT molecular complexity index is 284. The van der Waals surface area contributed by atoms with E-state index in [0.717, 1.165) is 6.42 Å². The van der Waals surface area contributed by atoms with Gasteiger partial charge in [-0.1, -0.05) is 4.44 Å². The Morgan fingerprint density at radius 2 is 1.82 bits per heavy atom. The van der Waals surface area contributed by atoms with Crippen molar-refractivity contribution in [2.24, 2.45) is 0 Å². The van der Waals surface area contributed by atoms with Crippen LogP contribution in [0.4, 0.5) is 0 Å². The highest BCUT2D eigenvalue weighted by atomic mass is 32.5. The summed E-state index contributed by atoms with van der Waals surface area (Å²) in [6.07, 6.45) is 1.36. The molecule has 1 fully saturated rings. The molecule has 1 heterocycles. The molecule has 8 heteroatoms. The summed E-state index contributed by atoms with van der Waals surface area (Å²) in [5.74, 6) is 0. The first-order valence-electron chi connectivity index (χ1n) is 5.93. The molecule has 0 bridgehead atoms. The van der Waals surface area contributed by atoms with Crippen LogP contribution in [0, 0.1) is 0 Å². The van der Waals surface area contributed by atoms with Crippen LogP contribution < -0.4 is 4.89 Å². The SMILES string of the molecule is CCOP(=S)(OCC)N1CCC[P+]1([O-])OCC. The molecule has 0 aromatic rings. The second kappa shape index (κ2) is 6.88. The van der Waals surface area contributed by atoms with E-state index in [1.165, 1.54) is 0 Å². The lowest BCUT2D eigenvalue weighted by Gasteiger charge is -2.37. The third-order valence-electron chi connectivity index (χ3n) is 2.35. The van der Waals surface area contributed by atoms with Crippen molar-refractivity contribution in [2.75, 3.05) is 32.5 Å². The highest BCUT2D eigenvalue weighted by Crippen LogP contribution is 2.73. The van der Waals surface area contributed by atoms with E-state index in [0.29, 0.717) is 32.5 Å². The molecule has 102 valence electrons. The molecule has 0 amide bonds. The van der Waals surface area contributed by atoms with E-state index < -0.39 is 14.5 Å². The van der Waals surface area contributed by atoms with E-state index in [1.54, 1.807) is 4.44 Å². The van der Waals surface area contributed by atoms with Crippen molar-refractivity contribution in [3.05, 3.63) is 0 Å². The van der Waals surface area contributed by atoms with E-state index in [1.807, 2.05) is 20.8 Å². The van der Waals surface area contributed by atoms with Gasteiger partial charge in [0, 0.05) is 13.0 Å². The summed E-state index contributed by atoms with van der Waals surface area (Å²) >= 11 is 5.46. The summed E-state index contributed by atoms with van der Waals surface area (Å²) in [5, 5.41) is 0. The van der Waals surface area contributed by atoms with Crippen molar-refractivity contribution in [2.45, 2.75) is 27.2 Å². The van der Waals surface area contributed by atoms with Crippen LogP contribution in [0.5, 0.6) is 0 Å². The number of hydrogen-bond acceptors (Lipinski definition) is 5. The molecule has 0 aromatic heterocycles. The topological polar surface area (TPSA) is 54.0 Å². The highest BCUT2D eigenvalue weighted by Gasteiger charge is 2.50. The Morgan fingerprint density at radius 3 is 2.29 bits per heavy atom. The van der Waals surface area contributed by atoms with Crippen LogP contribution in [-0.4, -0.2) is 37.0 Å². The molecular formula is C9H21NO4P2S. The minimum Gasteiger partial charge on any atom is -0.641 e. The largest absolute Gasteiger partial charge is 0.641 e. The second-order valence-corrected chi connectivity index (χ2v) is 9.63. The van der Waals surface area contributed by atoms with Gasteiger partial charge in [-0.3, -0.25) is 0 Å². The molecular weight excluding hydrogens is 280 g/mol. The summed E-state index contributed by atoms with van der Waals surface area (Å²) < 4.78 is 18.3. The molecule has 17 heavy (non-hydrogen) atoms. The van der Waals surface area contributed by atoms with Crippen LogP contribution in [0.15, 0.2) is 0 Å². The Labute approximate surface area is 109 Å². The van der Waals surface area contributed by atoms with Gasteiger partial charge in [-0.25, -0.2) is 4.52 Å². The van der Waals surface area contributed by atoms with Crippen molar-refractivity contribution in [3.63, 3.8) is 0 Å². The molecule has 5 nitrogen and oxygen atoms in total. The first kappa shape index (κ1) is 15.9. The molecule has 0 saturated carbocycles. The lowest BCUT2D eigenvalue weighted by atomic mass is 10.5. The third kappa shape index (κ3) is 3.68. The van der Waals surface area contributed by atoms with Gasteiger partial charge in [0.05, 0.1) is 26.0 Å². The summed E-state index contributed by atoms with van der Waals surface area (Å²) in [5.41, 5.74) is 0. The van der Waals surface area contributed by atoms with Crippen molar-refractivity contribution < 1.29 is 18.5 Å². The molecule has 1 aliphatic heterocycles. The van der Waals surface area contributed by atoms with Crippen LogP contribution in [-0.2, 0) is 25.4 Å². The van der Waals surface area contributed by atoms with Crippen LogP contribution in [0.2, 0.25) is 0 Å². The van der Waals surface area contributed by atoms with Gasteiger partial charge in [0.25, 0.3) is 6.64 Å². The second-order valence-electron chi connectivity index (χ2n) is 3.53. The minimum absolute atomic E-state index is 0.418. The zero-order valence-corrected chi connectivity index (χ0v) is 13.2. The molecule has 1 unspecified atom stereocenters. The van der Waals surface area contributed by atoms with Crippen LogP contribution in [0.3, 0.4) is 0 Å². The average molecular weight is 301 g/mol. The monoisotopic (exact) mass is 301 g/mol. The summed E-state index contributed by atoms with van der Waals surface area (Å²) in [4.78, 5) is 12.6. The van der Waals surface area contributed by atoms with Gasteiger partial charge in [-0.05, 0) is 32.6 Å². The fourth-order valence-electron chi connectivity index (χ4n) is 1.80. The maximum absolute atomic E-state index is 12.6. The summed E-state index contributed by atoms with van der Waals surface area (Å²) in [7, 11) is -2.83. The molecule has 0 spiro atoms. The Hall–Kier alpha value is 0.880. The smallest absolute Gasteiger partial charge is 0.298 e. The minimum atomic E-state index is -2.83. The first-order chi connectivity index (χ1) is 8.02. The van der Waals surface area contributed by atoms with Crippen molar-refractivity contribution in [3.8, 4) is 0 Å². The Morgan fingerprint density at radius 1 is 1.24 bits per heavy atom. The summed E-state index contributed by atoms with van der Waals surface area (Å²) in [6.45, 7) is 4.89. The first-order valence-corrected chi connectivity index (χ1v) is 10.3. The maximum atomic E-state index is 12.6. The van der Waals surface area contributed by atoms with Crippen molar-refractivity contribution in [1.29, 1.82) is 0 Å². The van der Waals surface area contributed by atoms with E-state index >= 15 is 0 Å². The predicted molar refractivity (Wildman–Crippen MR) is 72.3 cm³/mol. The fraction of sp³-hybridized carbons (Fsp3) is 1.00. The molecule has 1 aliphatic rings. The van der Waals surface area contributed by atoms with Gasteiger partial charge >= 0.3 is 0 Å². The van der Waals surface area contributed by atoms with Crippen LogP contribution in [0.25, 0.3) is 0 Å². The maximum Gasteiger partial charge on any atom is 0.298 e. The van der Waals surface area contributed by atoms with Gasteiger partial charge in [0.1, 0.15) is 0 Å². The molecule has 1 saturated heterocycles. The molecule has 0 radical (unpaired) electrons. The van der Waals surface area contributed by atoms with Crippen LogP contribution >= 0.6 is 14.5 Å². The van der Waals surface area contributed by atoms with Gasteiger partial charge in [0.15, 0.2) is 7.87 Å². The van der Waals surface area contributed by atoms with Crippen LogP contribution in [0.1, 0.15) is 27.2 Å². The molecule has 0 aromatic carbocycles. The standard InChI is InChI=1S/C9H21NO4P2S/c1-4-12-15(11)9-7-8-10(15)16(17,13-5-2)14-6-3/h4-9H2,1-3H3. The molecule has 0 N–H and O–H groups in total. The lowest BCUT2D eigenvalue weighted by molar-refractivity contribution is -0.200. The van der Waals surface area contributed by atoms with Gasteiger partial charge < -0.3 is 13.9 Å². The van der Waals surface area contributed by atoms with E-state index in [-0.39, 0.29) is 0 Å². The highest BCUT2D eigenvalue weighted by molar-refractivity contribution is 8.11. The number of hydrogen-bond donors (Lipinski definition) is 0. The fourth-order valence-corrected chi connectivity index (χ4v) is 9.01. The predicted octanol–water partition coefficient (Wildman–Crippen LogP) is 2.15. The van der Waals surface area contributed by atoms with E-state index in [9.17, 15) is 4.89 Å². The zero-order valence-electron chi connectivity index (χ0n) is 10.6. The Balaban J connectivity index is 2.89. The number of rotatable bonds is 7. The number of nitrogens with zero attached hydrogens (tertiary/aromatic N) is 1. The molecule has 1 rings (SSSR count). The van der Waals surface area contributed by atoms with Crippen molar-refractivity contribution >= 4 is 26.3 Å². The van der Waals surface area contributed by atoms with E-state index in [4.69, 9.17) is 25.4 Å². The van der Waals surface area contributed by atoms with Gasteiger partial charge in [0.2, 0.25) is 0 Å². The lowest BCUT2D eigenvalue weighted by Crippen LogP contribution is -2.28. The quantitative estimate of drug-likeness (QED) is 0.672. The Kier molecular flexibility index (Phi) is 6.45. The molecule has 1 atom stereocenters. The third-order valence-corrected chi connectivity index (χ3v) is 9.84. The van der Waals surface area contributed by atoms with Gasteiger partial charge in [-0.15, -0.1) is 0 Å². The zero-order chi connectivity index (χ0) is 12.9. The summed E-state index contributed by atoms with van der Waals surface area (Å²) in [6, 6.07) is 0. The van der Waals surface area contributed by atoms with Gasteiger partial charge in [-0.2, -0.15) is 0 Å². The average Bonchev–Trinajstić information content (AvgIpc) is 2.62.